The second-order valence-corrected chi connectivity index (χ2v) is 18.0. The number of carbonyl (C=O) groups is 8. The van der Waals surface area contributed by atoms with Crippen LogP contribution >= 0.6 is 0 Å². The molecule has 0 saturated carbocycles. The van der Waals surface area contributed by atoms with Gasteiger partial charge in [0.05, 0.1) is 48.7 Å². The Morgan fingerprint density at radius 2 is 0.440 bits per heavy atom. The Morgan fingerprint density at radius 3 is 0.667 bits per heavy atom. The molecule has 8 aromatic rings. The Morgan fingerprint density at radius 1 is 0.238 bits per heavy atom. The summed E-state index contributed by atoms with van der Waals surface area (Å²) in [7, 11) is 0. The van der Waals surface area contributed by atoms with Gasteiger partial charge in [-0.05, 0) is 106 Å². The first-order valence-corrected chi connectivity index (χ1v) is 25.8. The van der Waals surface area contributed by atoms with Crippen molar-refractivity contribution in [3.63, 3.8) is 0 Å². The molecule has 0 bridgehead atoms. The Balaban J connectivity index is 0.905. The highest BCUT2D eigenvalue weighted by molar-refractivity contribution is 5.92. The minimum absolute atomic E-state index is 0.0255. The SMILES string of the molecule is O=C(OCCC(COC(=O)OOC(=O)c1ccc(-c2ccccc2)cc1)C(CCOC(=O)OOC(=O)c1ccc(-c2ccccc2)cc1)COC(=O)OOC(=O)c1ccc(-c2ccccc2)cc1)OOC(=O)c1ccc(-c2ccccc2)cc1. The standard InChI is InChI=1S/C64H50O20/c65-57(51-29-21-47(22-30-51)43-13-5-1-6-14-43)77-81-61(69)73-39-37-55(41-75-63(71)83-79-59(67)53-33-25-49(26-34-53)45-17-9-3-10-18-45)56(42-76-64(72)84-80-60(68)54-35-27-50(28-36-54)46-19-11-4-12-20-46)38-40-74-62(70)82-78-58(66)52-31-23-48(24-32-52)44-15-7-2-8-16-44/h1-36,55-56H,37-42H2. The van der Waals surface area contributed by atoms with Crippen LogP contribution in [0.5, 0.6) is 0 Å². The van der Waals surface area contributed by atoms with Crippen LogP contribution < -0.4 is 0 Å². The fraction of sp³-hybridized carbons (Fsp3) is 0.125. The highest BCUT2D eigenvalue weighted by Crippen LogP contribution is 2.26. The summed E-state index contributed by atoms with van der Waals surface area (Å²) in [5.74, 6) is -6.28. The monoisotopic (exact) mass is 1140 g/mol. The lowest BCUT2D eigenvalue weighted by Crippen LogP contribution is -2.30. The van der Waals surface area contributed by atoms with E-state index in [2.05, 4.69) is 19.6 Å². The van der Waals surface area contributed by atoms with E-state index in [1.807, 2.05) is 121 Å². The summed E-state index contributed by atoms with van der Waals surface area (Å²) in [4.78, 5) is 140. The molecule has 8 rings (SSSR count). The van der Waals surface area contributed by atoms with Gasteiger partial charge in [0.1, 0.15) is 0 Å². The van der Waals surface area contributed by atoms with Crippen molar-refractivity contribution in [2.45, 2.75) is 12.8 Å². The molecule has 8 aromatic carbocycles. The minimum Gasteiger partial charge on any atom is -0.432 e. The molecule has 426 valence electrons. The molecule has 0 aliphatic carbocycles. The molecule has 0 N–H and O–H groups in total. The van der Waals surface area contributed by atoms with E-state index in [9.17, 15) is 38.4 Å². The van der Waals surface area contributed by atoms with E-state index in [1.54, 1.807) is 48.5 Å². The fourth-order valence-electron chi connectivity index (χ4n) is 8.14. The summed E-state index contributed by atoms with van der Waals surface area (Å²) in [6.07, 6.45) is -6.50. The number of carbonyl (C=O) groups excluding carboxylic acids is 8. The average Bonchev–Trinajstić information content (AvgIpc) is 3.64. The number of hydrogen-bond donors (Lipinski definition) is 0. The van der Waals surface area contributed by atoms with E-state index >= 15 is 0 Å². The molecule has 0 fully saturated rings. The molecule has 84 heavy (non-hydrogen) atoms. The van der Waals surface area contributed by atoms with Crippen LogP contribution in [0, 0.1) is 11.8 Å². The van der Waals surface area contributed by atoms with Gasteiger partial charge in [-0.2, -0.15) is 19.2 Å². The molecule has 2 atom stereocenters. The molecule has 0 aliphatic heterocycles. The summed E-state index contributed by atoms with van der Waals surface area (Å²) in [6.45, 7) is -2.41. The zero-order chi connectivity index (χ0) is 58.9. The normalized spacial score (nSPS) is 11.2. The van der Waals surface area contributed by atoms with Crippen molar-refractivity contribution >= 4 is 48.5 Å². The Hall–Kier alpha value is -11.3. The molecule has 0 aliphatic rings. The second kappa shape index (κ2) is 30.3. The first-order chi connectivity index (χ1) is 40.9. The van der Waals surface area contributed by atoms with Crippen molar-refractivity contribution in [3.05, 3.63) is 241 Å². The predicted octanol–water partition coefficient (Wildman–Crippen LogP) is 13.4. The molecule has 0 saturated heterocycles. The van der Waals surface area contributed by atoms with Gasteiger partial charge in [-0.3, -0.25) is 0 Å². The fourth-order valence-corrected chi connectivity index (χ4v) is 8.14. The molecular formula is C64H50O20. The smallest absolute Gasteiger partial charge is 0.432 e. The molecule has 0 spiro atoms. The van der Waals surface area contributed by atoms with Crippen LogP contribution in [-0.4, -0.2) is 74.9 Å². The molecule has 0 radical (unpaired) electrons. The third kappa shape index (κ3) is 17.9. The largest absolute Gasteiger partial charge is 0.549 e. The molecule has 0 aromatic heterocycles. The summed E-state index contributed by atoms with van der Waals surface area (Å²) < 4.78 is 20.9. The Bertz CT molecular complexity index is 3240. The van der Waals surface area contributed by atoms with E-state index < -0.39 is 86.8 Å². The summed E-state index contributed by atoms with van der Waals surface area (Å²) in [6, 6.07) is 62.4. The summed E-state index contributed by atoms with van der Waals surface area (Å²) >= 11 is 0. The zero-order valence-electron chi connectivity index (χ0n) is 44.3. The van der Waals surface area contributed by atoms with Gasteiger partial charge >= 0.3 is 48.5 Å². The minimum atomic E-state index is -1.52. The zero-order valence-corrected chi connectivity index (χ0v) is 44.3. The van der Waals surface area contributed by atoms with Crippen LogP contribution in [0.2, 0.25) is 0 Å². The predicted molar refractivity (Wildman–Crippen MR) is 295 cm³/mol. The van der Waals surface area contributed by atoms with Crippen molar-refractivity contribution in [2.24, 2.45) is 11.8 Å². The van der Waals surface area contributed by atoms with Gasteiger partial charge in [0.25, 0.3) is 0 Å². The molecule has 20 nitrogen and oxygen atoms in total. The maximum absolute atomic E-state index is 13.0. The molecule has 0 heterocycles. The second-order valence-electron chi connectivity index (χ2n) is 18.0. The molecular weight excluding hydrogens is 1090 g/mol. The van der Waals surface area contributed by atoms with Crippen molar-refractivity contribution in [2.75, 3.05) is 26.4 Å². The van der Waals surface area contributed by atoms with Gasteiger partial charge in [0, 0.05) is 11.8 Å². The lowest BCUT2D eigenvalue weighted by Gasteiger charge is -2.25. The number of benzene rings is 8. The maximum atomic E-state index is 13.0. The highest BCUT2D eigenvalue weighted by atomic mass is 17.3. The van der Waals surface area contributed by atoms with Gasteiger partial charge < -0.3 is 18.9 Å². The van der Waals surface area contributed by atoms with Crippen LogP contribution in [0.1, 0.15) is 54.3 Å². The Kier molecular flexibility index (Phi) is 21.3. The van der Waals surface area contributed by atoms with Crippen LogP contribution in [0.4, 0.5) is 19.2 Å². The average molecular weight is 1140 g/mol. The first kappa shape index (κ1) is 58.9. The van der Waals surface area contributed by atoms with Crippen molar-refractivity contribution in [3.8, 4) is 44.5 Å². The lowest BCUT2D eigenvalue weighted by molar-refractivity contribution is -0.208. The van der Waals surface area contributed by atoms with Crippen LogP contribution in [0.25, 0.3) is 44.5 Å². The van der Waals surface area contributed by atoms with E-state index in [1.165, 1.54) is 48.5 Å². The van der Waals surface area contributed by atoms with E-state index in [0.717, 1.165) is 44.5 Å². The van der Waals surface area contributed by atoms with Gasteiger partial charge in [0.15, 0.2) is 0 Å². The topological polar surface area (TPSA) is 247 Å². The lowest BCUT2D eigenvalue weighted by atomic mass is 9.88. The number of hydrogen-bond acceptors (Lipinski definition) is 20. The first-order valence-electron chi connectivity index (χ1n) is 25.8. The van der Waals surface area contributed by atoms with Crippen LogP contribution in [0.3, 0.4) is 0 Å². The summed E-state index contributed by atoms with van der Waals surface area (Å²) in [5, 5.41) is 0. The van der Waals surface area contributed by atoms with Gasteiger partial charge in [-0.15, -0.1) is 0 Å². The third-order valence-electron chi connectivity index (χ3n) is 12.6. The van der Waals surface area contributed by atoms with Crippen molar-refractivity contribution in [1.82, 2.24) is 0 Å². The third-order valence-corrected chi connectivity index (χ3v) is 12.6. The quantitative estimate of drug-likeness (QED) is 0.0316. The Labute approximate surface area is 479 Å². The van der Waals surface area contributed by atoms with Crippen molar-refractivity contribution < 1.29 is 96.4 Å². The number of ether oxygens (including phenoxy) is 4. The van der Waals surface area contributed by atoms with Crippen LogP contribution in [-0.2, 0) is 58.0 Å². The van der Waals surface area contributed by atoms with E-state index in [4.69, 9.17) is 38.5 Å². The van der Waals surface area contributed by atoms with Crippen molar-refractivity contribution in [1.29, 1.82) is 0 Å². The highest BCUT2D eigenvalue weighted by Gasteiger charge is 2.29. The molecule has 0 amide bonds. The van der Waals surface area contributed by atoms with Gasteiger partial charge in [-0.25, -0.2) is 58.3 Å². The van der Waals surface area contributed by atoms with Crippen LogP contribution in [0.15, 0.2) is 218 Å². The maximum Gasteiger partial charge on any atom is 0.549 e. The number of rotatable bonds is 19. The van der Waals surface area contributed by atoms with Gasteiger partial charge in [0.2, 0.25) is 0 Å². The molecule has 2 unspecified atom stereocenters. The van der Waals surface area contributed by atoms with E-state index in [0.29, 0.717) is 0 Å². The van der Waals surface area contributed by atoms with Gasteiger partial charge in [-0.1, -0.05) is 170 Å². The van der Waals surface area contributed by atoms with E-state index in [-0.39, 0.29) is 35.1 Å². The summed E-state index contributed by atoms with van der Waals surface area (Å²) in [5.41, 5.74) is 6.92. The molecule has 20 heteroatoms.